The summed E-state index contributed by atoms with van der Waals surface area (Å²) in [5, 5.41) is 0. The molecule has 1 atom stereocenters. The van der Waals surface area contributed by atoms with Gasteiger partial charge in [0.05, 0.1) is 0 Å². The lowest BCUT2D eigenvalue weighted by Gasteiger charge is -1.95. The van der Waals surface area contributed by atoms with Crippen molar-refractivity contribution in [1.29, 1.82) is 0 Å². The van der Waals surface area contributed by atoms with Crippen LogP contribution >= 0.6 is 0 Å². The molecule has 0 aromatic rings. The van der Waals surface area contributed by atoms with E-state index in [4.69, 9.17) is 0 Å². The fourth-order valence-corrected chi connectivity index (χ4v) is 1.89. The number of hydrogen-bond donors (Lipinski definition) is 0. The van der Waals surface area contributed by atoms with E-state index in [1.807, 2.05) is 0 Å². The van der Waals surface area contributed by atoms with Crippen molar-refractivity contribution in [3.05, 3.63) is 23.8 Å². The summed E-state index contributed by atoms with van der Waals surface area (Å²) < 4.78 is 0. The monoisotopic (exact) mass is 152 g/mol. The standard InChI is InChI=1S/C9H16Si/c1-2-3-4-8-5-6-9(10)7-8/h5-7,9H,2-4H2,1,10H3. The zero-order valence-electron chi connectivity index (χ0n) is 6.93. The summed E-state index contributed by atoms with van der Waals surface area (Å²) in [6.07, 6.45) is 11.0. The minimum Gasteiger partial charge on any atom is -0.0811 e. The van der Waals surface area contributed by atoms with Crippen LogP contribution in [0.2, 0.25) is 5.54 Å². The van der Waals surface area contributed by atoms with E-state index in [0.717, 1.165) is 5.54 Å². The van der Waals surface area contributed by atoms with E-state index < -0.39 is 0 Å². The number of allylic oxidation sites excluding steroid dienone is 4. The smallest absolute Gasteiger partial charge is 0.0163 e. The summed E-state index contributed by atoms with van der Waals surface area (Å²) in [6.45, 7) is 2.25. The van der Waals surface area contributed by atoms with E-state index in [9.17, 15) is 0 Å². The molecule has 1 heteroatoms. The summed E-state index contributed by atoms with van der Waals surface area (Å²) in [5.41, 5.74) is 2.40. The second kappa shape index (κ2) is 3.77. The molecule has 0 bridgehead atoms. The van der Waals surface area contributed by atoms with E-state index in [-0.39, 0.29) is 0 Å². The predicted molar refractivity (Wildman–Crippen MR) is 50.4 cm³/mol. The van der Waals surface area contributed by atoms with Crippen LogP contribution in [0.5, 0.6) is 0 Å². The molecule has 0 fully saturated rings. The highest BCUT2D eigenvalue weighted by Gasteiger charge is 2.02. The Balaban J connectivity index is 2.30. The van der Waals surface area contributed by atoms with Gasteiger partial charge in [0.1, 0.15) is 0 Å². The molecular formula is C9H16Si. The fraction of sp³-hybridized carbons (Fsp3) is 0.556. The van der Waals surface area contributed by atoms with Crippen LogP contribution in [0.4, 0.5) is 0 Å². The van der Waals surface area contributed by atoms with Gasteiger partial charge in [0.2, 0.25) is 0 Å². The molecule has 0 aliphatic heterocycles. The third kappa shape index (κ3) is 2.14. The first kappa shape index (κ1) is 7.80. The Labute approximate surface area is 66.4 Å². The molecule has 0 saturated heterocycles. The lowest BCUT2D eigenvalue weighted by atomic mass is 10.1. The van der Waals surface area contributed by atoms with Crippen LogP contribution in [0.25, 0.3) is 0 Å². The molecule has 56 valence electrons. The SMILES string of the molecule is CCCCC1=CC([SiH3])C=C1. The molecule has 10 heavy (non-hydrogen) atoms. The minimum atomic E-state index is 0.826. The Morgan fingerprint density at radius 1 is 1.60 bits per heavy atom. The second-order valence-electron chi connectivity index (χ2n) is 3.06. The van der Waals surface area contributed by atoms with Crippen LogP contribution in [-0.4, -0.2) is 10.2 Å². The van der Waals surface area contributed by atoms with Crippen LogP contribution in [0.3, 0.4) is 0 Å². The van der Waals surface area contributed by atoms with E-state index in [0.29, 0.717) is 0 Å². The van der Waals surface area contributed by atoms with E-state index in [2.05, 4.69) is 25.2 Å². The predicted octanol–water partition coefficient (Wildman–Crippen LogP) is 1.83. The molecule has 0 aromatic carbocycles. The summed E-state index contributed by atoms with van der Waals surface area (Å²) in [4.78, 5) is 0. The number of unbranched alkanes of at least 4 members (excludes halogenated alkanes) is 1. The van der Waals surface area contributed by atoms with E-state index in [1.54, 1.807) is 5.57 Å². The first-order chi connectivity index (χ1) is 4.83. The Kier molecular flexibility index (Phi) is 2.94. The van der Waals surface area contributed by atoms with Gasteiger partial charge >= 0.3 is 0 Å². The molecule has 0 radical (unpaired) electrons. The van der Waals surface area contributed by atoms with Crippen molar-refractivity contribution < 1.29 is 0 Å². The average molecular weight is 152 g/mol. The molecule has 0 nitrogen and oxygen atoms in total. The molecule has 0 heterocycles. The first-order valence-corrected chi connectivity index (χ1v) is 5.37. The Morgan fingerprint density at radius 2 is 2.40 bits per heavy atom. The van der Waals surface area contributed by atoms with Crippen molar-refractivity contribution in [2.45, 2.75) is 31.7 Å². The average Bonchev–Trinajstić information content (AvgIpc) is 2.31. The highest BCUT2D eigenvalue weighted by Crippen LogP contribution is 2.21. The molecule has 1 aliphatic rings. The van der Waals surface area contributed by atoms with Gasteiger partial charge in [-0.2, -0.15) is 0 Å². The van der Waals surface area contributed by atoms with Crippen molar-refractivity contribution in [3.63, 3.8) is 0 Å². The van der Waals surface area contributed by atoms with Crippen LogP contribution < -0.4 is 0 Å². The second-order valence-corrected chi connectivity index (χ2v) is 4.40. The minimum absolute atomic E-state index is 0.826. The number of hydrogen-bond acceptors (Lipinski definition) is 0. The normalized spacial score (nSPS) is 23.7. The van der Waals surface area contributed by atoms with Gasteiger partial charge in [-0.1, -0.05) is 37.1 Å². The van der Waals surface area contributed by atoms with Crippen LogP contribution in [0, 0.1) is 0 Å². The summed E-state index contributed by atoms with van der Waals surface area (Å²) in [5.74, 6) is 0. The maximum absolute atomic E-state index is 2.42. The number of rotatable bonds is 3. The van der Waals surface area contributed by atoms with Crippen molar-refractivity contribution in [1.82, 2.24) is 0 Å². The van der Waals surface area contributed by atoms with Gasteiger partial charge in [-0.3, -0.25) is 0 Å². The Hall–Kier alpha value is -0.303. The van der Waals surface area contributed by atoms with Crippen LogP contribution in [0.1, 0.15) is 26.2 Å². The van der Waals surface area contributed by atoms with E-state index >= 15 is 0 Å². The molecule has 0 saturated carbocycles. The summed E-state index contributed by atoms with van der Waals surface area (Å²) in [6, 6.07) is 0. The van der Waals surface area contributed by atoms with Crippen molar-refractivity contribution >= 4 is 10.2 Å². The third-order valence-corrected chi connectivity index (χ3v) is 2.63. The highest BCUT2D eigenvalue weighted by atomic mass is 28.1. The molecule has 1 rings (SSSR count). The summed E-state index contributed by atoms with van der Waals surface area (Å²) >= 11 is 0. The van der Waals surface area contributed by atoms with Gasteiger partial charge in [0, 0.05) is 10.2 Å². The van der Waals surface area contributed by atoms with Gasteiger partial charge in [0.25, 0.3) is 0 Å². The Bertz CT molecular complexity index is 156. The topological polar surface area (TPSA) is 0 Å². The van der Waals surface area contributed by atoms with Crippen LogP contribution in [-0.2, 0) is 0 Å². The van der Waals surface area contributed by atoms with Gasteiger partial charge in [-0.05, 0) is 18.4 Å². The molecule has 0 aromatic heterocycles. The largest absolute Gasteiger partial charge is 0.0811 e. The maximum Gasteiger partial charge on any atom is 0.0163 e. The van der Waals surface area contributed by atoms with Gasteiger partial charge in [0.15, 0.2) is 0 Å². The first-order valence-electron chi connectivity index (χ1n) is 4.22. The molecular weight excluding hydrogens is 136 g/mol. The summed E-state index contributed by atoms with van der Waals surface area (Å²) in [7, 11) is 1.29. The highest BCUT2D eigenvalue weighted by molar-refractivity contribution is 6.14. The van der Waals surface area contributed by atoms with Crippen LogP contribution in [0.15, 0.2) is 23.8 Å². The van der Waals surface area contributed by atoms with Gasteiger partial charge in [-0.25, -0.2) is 0 Å². The van der Waals surface area contributed by atoms with Gasteiger partial charge < -0.3 is 0 Å². The lowest BCUT2D eigenvalue weighted by molar-refractivity contribution is 0.798. The van der Waals surface area contributed by atoms with Crippen molar-refractivity contribution in [2.24, 2.45) is 0 Å². The lowest BCUT2D eigenvalue weighted by Crippen LogP contribution is -1.77. The quantitative estimate of drug-likeness (QED) is 0.541. The fourth-order valence-electron chi connectivity index (χ4n) is 1.27. The zero-order valence-corrected chi connectivity index (χ0v) is 8.93. The molecule has 1 aliphatic carbocycles. The zero-order chi connectivity index (χ0) is 7.40. The molecule has 0 amide bonds. The van der Waals surface area contributed by atoms with Crippen molar-refractivity contribution in [2.75, 3.05) is 0 Å². The Morgan fingerprint density at radius 3 is 2.90 bits per heavy atom. The van der Waals surface area contributed by atoms with E-state index in [1.165, 1.54) is 29.5 Å². The van der Waals surface area contributed by atoms with Gasteiger partial charge in [-0.15, -0.1) is 0 Å². The molecule has 0 spiro atoms. The molecule has 1 unspecified atom stereocenters. The van der Waals surface area contributed by atoms with Crippen molar-refractivity contribution in [3.8, 4) is 0 Å². The molecule has 0 N–H and O–H groups in total. The maximum atomic E-state index is 2.42. The third-order valence-electron chi connectivity index (χ3n) is 1.91.